The summed E-state index contributed by atoms with van der Waals surface area (Å²) < 4.78 is 0. The fraction of sp³-hybridized carbons (Fsp3) is 0.800. The Morgan fingerprint density at radius 1 is 1.20 bits per heavy atom. The van der Waals surface area contributed by atoms with Crippen LogP contribution in [0.5, 0.6) is 0 Å². The summed E-state index contributed by atoms with van der Waals surface area (Å²) in [4.78, 5) is 7.86. The molecule has 0 radical (unpaired) electrons. The van der Waals surface area contributed by atoms with Crippen LogP contribution >= 0.6 is 12.2 Å². The van der Waals surface area contributed by atoms with Gasteiger partial charge in [0.1, 0.15) is 0 Å². The Labute approximate surface area is 67.9 Å². The molecule has 0 aliphatic rings. The van der Waals surface area contributed by atoms with Gasteiger partial charge < -0.3 is 9.62 Å². The second-order valence-corrected chi connectivity index (χ2v) is 2.68. The van der Waals surface area contributed by atoms with Gasteiger partial charge in [0, 0.05) is 5.16 Å². The summed E-state index contributed by atoms with van der Waals surface area (Å²) in [5.41, 5.74) is 0. The fourth-order valence-corrected chi connectivity index (χ4v) is 0.834. The zero-order valence-corrected chi connectivity index (χ0v) is 7.64. The summed E-state index contributed by atoms with van der Waals surface area (Å²) in [5, 5.41) is 2.36. The summed E-state index contributed by atoms with van der Waals surface area (Å²) in [7, 11) is 7.79. The Bertz CT molecular complexity index is 134. The van der Waals surface area contributed by atoms with E-state index < -0.39 is 0 Å². The third-order valence-corrected chi connectivity index (χ3v) is 1.20. The molecule has 5 heteroatoms. The molecule has 0 aromatic heterocycles. The van der Waals surface area contributed by atoms with E-state index in [4.69, 9.17) is 0 Å². The van der Waals surface area contributed by atoms with Crippen LogP contribution in [-0.2, 0) is 0 Å². The molecule has 0 unspecified atom stereocenters. The number of isothiocyanates is 1. The average molecular weight is 157 g/mol. The van der Waals surface area contributed by atoms with Gasteiger partial charge in [-0.05, 0) is 40.4 Å². The second-order valence-electron chi connectivity index (χ2n) is 2.49. The van der Waals surface area contributed by atoms with Gasteiger partial charge in [0.05, 0.1) is 0 Å². The Morgan fingerprint density at radius 3 is 1.70 bits per heavy atom. The molecule has 0 saturated heterocycles. The van der Waals surface area contributed by atoms with Crippen LogP contribution in [0.2, 0.25) is 0 Å². The quantitative estimate of drug-likeness (QED) is 0.331. The molecule has 0 amide bonds. The molecule has 0 atom stereocenters. The van der Waals surface area contributed by atoms with Crippen LogP contribution in [0.4, 0.5) is 0 Å². The molecule has 0 N–H and O–H groups in total. The van der Waals surface area contributed by atoms with E-state index in [0.717, 1.165) is 0 Å². The minimum Gasteiger partial charge on any atom is -0.312 e. The summed E-state index contributed by atoms with van der Waals surface area (Å²) in [5.74, 6) is 0. The highest BCUT2D eigenvalue weighted by atomic mass is 32.1. The predicted octanol–water partition coefficient (Wildman–Crippen LogP) is 0.197. The molecular weight excluding hydrogens is 145 g/mol. The first-order valence-corrected chi connectivity index (χ1v) is 3.40. The maximum atomic E-state index is 4.50. The lowest BCUT2D eigenvalue weighted by atomic mass is 9.92. The van der Waals surface area contributed by atoms with Crippen molar-refractivity contribution in [1.29, 1.82) is 0 Å². The highest BCUT2D eigenvalue weighted by Gasteiger charge is 2.19. The number of rotatable bonds is 3. The molecule has 0 fully saturated rings. The SMILES string of the molecule is CN(C)B(N=C=S)N(C)C. The number of thiocarbonyl (C=S) groups is 1. The molecule has 0 aliphatic heterocycles. The van der Waals surface area contributed by atoms with Crippen LogP contribution in [0.3, 0.4) is 0 Å². The molecule has 56 valence electrons. The molecule has 0 rings (SSSR count). The van der Waals surface area contributed by atoms with Crippen LogP contribution in [-0.4, -0.2) is 50.1 Å². The molecule has 0 heterocycles. The summed E-state index contributed by atoms with van der Waals surface area (Å²) in [6, 6.07) is 0. The topological polar surface area (TPSA) is 18.8 Å². The van der Waals surface area contributed by atoms with E-state index in [-0.39, 0.29) is 7.12 Å². The minimum absolute atomic E-state index is 0.0116. The summed E-state index contributed by atoms with van der Waals surface area (Å²) in [6.45, 7) is 0. The van der Waals surface area contributed by atoms with E-state index >= 15 is 0 Å². The van der Waals surface area contributed by atoms with Gasteiger partial charge in [0.15, 0.2) is 0 Å². The van der Waals surface area contributed by atoms with Crippen molar-refractivity contribution in [3.05, 3.63) is 0 Å². The zero-order valence-electron chi connectivity index (χ0n) is 6.83. The van der Waals surface area contributed by atoms with Crippen molar-refractivity contribution in [2.24, 2.45) is 4.90 Å². The average Bonchev–Trinajstić information content (AvgIpc) is 1.81. The van der Waals surface area contributed by atoms with Gasteiger partial charge in [-0.15, -0.1) is 0 Å². The molecule has 0 bridgehead atoms. The van der Waals surface area contributed by atoms with Crippen LogP contribution in [0.15, 0.2) is 4.90 Å². The van der Waals surface area contributed by atoms with Gasteiger partial charge in [-0.25, -0.2) is 0 Å². The van der Waals surface area contributed by atoms with Crippen molar-refractivity contribution < 1.29 is 0 Å². The molecule has 3 nitrogen and oxygen atoms in total. The van der Waals surface area contributed by atoms with Crippen molar-refractivity contribution in [2.45, 2.75) is 0 Å². The molecule has 0 saturated carbocycles. The Balaban J connectivity index is 4.11. The van der Waals surface area contributed by atoms with E-state index in [9.17, 15) is 0 Å². The van der Waals surface area contributed by atoms with Crippen molar-refractivity contribution >= 4 is 24.5 Å². The molecule has 0 aromatic carbocycles. The maximum Gasteiger partial charge on any atom is 0.464 e. The van der Waals surface area contributed by atoms with Crippen molar-refractivity contribution in [3.8, 4) is 0 Å². The minimum atomic E-state index is 0.0116. The smallest absolute Gasteiger partial charge is 0.312 e. The van der Waals surface area contributed by atoms with Crippen molar-refractivity contribution in [3.63, 3.8) is 0 Å². The predicted molar refractivity (Wildman–Crippen MR) is 48.2 cm³/mol. The Morgan fingerprint density at radius 2 is 1.60 bits per heavy atom. The largest absolute Gasteiger partial charge is 0.464 e. The first-order valence-electron chi connectivity index (χ1n) is 2.99. The second kappa shape index (κ2) is 4.58. The van der Waals surface area contributed by atoms with Gasteiger partial charge in [0.2, 0.25) is 0 Å². The van der Waals surface area contributed by atoms with Gasteiger partial charge in [-0.3, -0.25) is 4.90 Å². The summed E-state index contributed by atoms with van der Waals surface area (Å²) in [6.07, 6.45) is 0. The van der Waals surface area contributed by atoms with Gasteiger partial charge in [-0.1, -0.05) is 0 Å². The molecule has 0 aliphatic carbocycles. The van der Waals surface area contributed by atoms with Crippen LogP contribution < -0.4 is 0 Å². The molecule has 10 heavy (non-hydrogen) atoms. The van der Waals surface area contributed by atoms with Gasteiger partial charge >= 0.3 is 7.12 Å². The lowest BCUT2D eigenvalue weighted by Gasteiger charge is -2.20. The number of hydrogen-bond acceptors (Lipinski definition) is 4. The number of hydrogen-bond donors (Lipinski definition) is 0. The first-order chi connectivity index (χ1) is 4.59. The Hall–Kier alpha value is -0.215. The zero-order chi connectivity index (χ0) is 8.15. The highest BCUT2D eigenvalue weighted by Crippen LogP contribution is 1.90. The van der Waals surface area contributed by atoms with Crippen molar-refractivity contribution in [2.75, 3.05) is 28.2 Å². The maximum absolute atomic E-state index is 4.50. The third-order valence-electron chi connectivity index (χ3n) is 1.09. The van der Waals surface area contributed by atoms with E-state index in [1.807, 2.05) is 37.8 Å². The van der Waals surface area contributed by atoms with E-state index in [2.05, 4.69) is 22.3 Å². The molecule has 0 spiro atoms. The highest BCUT2D eigenvalue weighted by molar-refractivity contribution is 7.78. The van der Waals surface area contributed by atoms with Gasteiger partial charge in [0.25, 0.3) is 0 Å². The third kappa shape index (κ3) is 3.08. The van der Waals surface area contributed by atoms with Crippen molar-refractivity contribution in [1.82, 2.24) is 9.62 Å². The van der Waals surface area contributed by atoms with Crippen LogP contribution in [0.25, 0.3) is 0 Å². The molecular formula is C5H12BN3S. The van der Waals surface area contributed by atoms with E-state index in [1.54, 1.807) is 0 Å². The van der Waals surface area contributed by atoms with Crippen LogP contribution in [0, 0.1) is 0 Å². The monoisotopic (exact) mass is 157 g/mol. The lowest BCUT2D eigenvalue weighted by Crippen LogP contribution is -2.44. The van der Waals surface area contributed by atoms with E-state index in [0.29, 0.717) is 0 Å². The fourth-order valence-electron chi connectivity index (χ4n) is 0.740. The summed E-state index contributed by atoms with van der Waals surface area (Å²) >= 11 is 4.50. The van der Waals surface area contributed by atoms with Gasteiger partial charge in [-0.2, -0.15) is 0 Å². The van der Waals surface area contributed by atoms with Crippen LogP contribution in [0.1, 0.15) is 0 Å². The lowest BCUT2D eigenvalue weighted by molar-refractivity contribution is 0.518. The van der Waals surface area contributed by atoms with E-state index in [1.165, 1.54) is 0 Å². The number of nitrogens with zero attached hydrogens (tertiary/aromatic N) is 3. The normalized spacial score (nSPS) is 9.80. The standard InChI is InChI=1S/C5H12BN3S/c1-8(2)6(7-5-10)9(3)4/h1-4H3. The molecule has 0 aromatic rings. The Kier molecular flexibility index (Phi) is 4.48. The first kappa shape index (κ1) is 9.78.